The van der Waals surface area contributed by atoms with Gasteiger partial charge in [-0.25, -0.2) is 9.69 Å². The number of ether oxygens (including phenoxy) is 1. The molecule has 0 spiro atoms. The van der Waals surface area contributed by atoms with Gasteiger partial charge < -0.3 is 4.74 Å². The fraction of sp³-hybridized carbons (Fsp3) is 0.156. The van der Waals surface area contributed by atoms with Gasteiger partial charge in [-0.05, 0) is 52.1 Å². The Morgan fingerprint density at radius 2 is 1.10 bits per heavy atom. The van der Waals surface area contributed by atoms with Crippen LogP contribution in [0.3, 0.4) is 0 Å². The lowest BCUT2D eigenvalue weighted by atomic mass is 9.54. The third-order valence-corrected chi connectivity index (χ3v) is 9.44. The van der Waals surface area contributed by atoms with Gasteiger partial charge >= 0.3 is 5.97 Å². The molecule has 5 nitrogen and oxygen atoms in total. The second kappa shape index (κ2) is 8.54. The van der Waals surface area contributed by atoms with Crippen molar-refractivity contribution in [3.63, 3.8) is 0 Å². The lowest BCUT2D eigenvalue weighted by Crippen LogP contribution is -2.57. The van der Waals surface area contributed by atoms with E-state index in [0.29, 0.717) is 11.3 Å². The van der Waals surface area contributed by atoms with Crippen LogP contribution in [-0.4, -0.2) is 17.8 Å². The SMILES string of the molecule is O=C(OCc1ccccc1)c1ccc(N2C(=O)[C@@H]3[C@@H](C2=O)C2(Cl)c4ccccc4C3(Cl)c3ccccc32)cc1. The van der Waals surface area contributed by atoms with Crippen LogP contribution in [0.4, 0.5) is 5.69 Å². The Labute approximate surface area is 234 Å². The van der Waals surface area contributed by atoms with Crippen LogP contribution in [0, 0.1) is 11.8 Å². The smallest absolute Gasteiger partial charge is 0.338 e. The number of nitrogens with zero attached hydrogens (tertiary/aromatic N) is 1. The highest BCUT2D eigenvalue weighted by Crippen LogP contribution is 2.69. The molecule has 0 unspecified atom stereocenters. The number of anilines is 1. The monoisotopic (exact) mass is 553 g/mol. The minimum Gasteiger partial charge on any atom is -0.457 e. The molecule has 3 aliphatic carbocycles. The van der Waals surface area contributed by atoms with Crippen LogP contribution < -0.4 is 4.90 Å². The van der Waals surface area contributed by atoms with E-state index < -0.39 is 39.4 Å². The van der Waals surface area contributed by atoms with Crippen molar-refractivity contribution in [1.82, 2.24) is 0 Å². The summed E-state index contributed by atoms with van der Waals surface area (Å²) in [5.41, 5.74) is 4.55. The van der Waals surface area contributed by atoms with Crippen molar-refractivity contribution in [2.24, 2.45) is 11.8 Å². The zero-order valence-electron chi connectivity index (χ0n) is 20.5. The molecule has 0 N–H and O–H groups in total. The summed E-state index contributed by atoms with van der Waals surface area (Å²) in [5, 5.41) is 0. The molecule has 4 aromatic carbocycles. The first-order chi connectivity index (χ1) is 18.9. The predicted molar refractivity (Wildman–Crippen MR) is 148 cm³/mol. The number of amides is 2. The Balaban J connectivity index is 1.24. The number of imide groups is 1. The van der Waals surface area contributed by atoms with Crippen LogP contribution in [0.2, 0.25) is 0 Å². The van der Waals surface area contributed by atoms with E-state index in [0.717, 1.165) is 27.8 Å². The second-order valence-electron chi connectivity index (χ2n) is 10.1. The minimum absolute atomic E-state index is 0.143. The summed E-state index contributed by atoms with van der Waals surface area (Å²) >= 11 is 14.9. The van der Waals surface area contributed by atoms with Crippen molar-refractivity contribution in [3.8, 4) is 0 Å². The summed E-state index contributed by atoms with van der Waals surface area (Å²) < 4.78 is 5.41. The van der Waals surface area contributed by atoms with E-state index in [4.69, 9.17) is 27.9 Å². The van der Waals surface area contributed by atoms with Gasteiger partial charge in [-0.2, -0.15) is 0 Å². The maximum atomic E-state index is 14.1. The molecule has 4 aliphatic rings. The van der Waals surface area contributed by atoms with Crippen molar-refractivity contribution >= 4 is 46.7 Å². The van der Waals surface area contributed by atoms with Gasteiger partial charge in [-0.15, -0.1) is 23.2 Å². The number of esters is 1. The summed E-state index contributed by atoms with van der Waals surface area (Å²) in [7, 11) is 0. The summed E-state index contributed by atoms with van der Waals surface area (Å²) in [6, 6.07) is 30.7. The number of hydrogen-bond acceptors (Lipinski definition) is 4. The molecule has 0 saturated carbocycles. The van der Waals surface area contributed by atoms with Crippen LogP contribution in [0.25, 0.3) is 0 Å². The molecule has 0 aromatic heterocycles. The van der Waals surface area contributed by atoms with Crippen LogP contribution in [0.15, 0.2) is 103 Å². The largest absolute Gasteiger partial charge is 0.457 e. The Morgan fingerprint density at radius 3 is 1.56 bits per heavy atom. The van der Waals surface area contributed by atoms with Gasteiger partial charge in [0.15, 0.2) is 0 Å². The van der Waals surface area contributed by atoms with E-state index in [1.54, 1.807) is 24.3 Å². The van der Waals surface area contributed by atoms with Gasteiger partial charge in [-0.1, -0.05) is 78.9 Å². The van der Waals surface area contributed by atoms with E-state index in [9.17, 15) is 14.4 Å². The molecule has 192 valence electrons. The first kappa shape index (κ1) is 24.1. The van der Waals surface area contributed by atoms with Crippen LogP contribution in [0.1, 0.15) is 38.2 Å². The third-order valence-electron chi connectivity index (χ3n) is 8.16. The van der Waals surface area contributed by atoms with Gasteiger partial charge in [0.05, 0.1) is 23.1 Å². The van der Waals surface area contributed by atoms with Crippen molar-refractivity contribution in [3.05, 3.63) is 137 Å². The molecule has 1 heterocycles. The molecule has 8 rings (SSSR count). The molecule has 0 radical (unpaired) electrons. The van der Waals surface area contributed by atoms with E-state index in [1.807, 2.05) is 78.9 Å². The number of carbonyl (C=O) groups is 3. The van der Waals surface area contributed by atoms with Gasteiger partial charge in [0.25, 0.3) is 0 Å². The lowest BCUT2D eigenvalue weighted by molar-refractivity contribution is -0.122. The van der Waals surface area contributed by atoms with E-state index >= 15 is 0 Å². The van der Waals surface area contributed by atoms with Crippen molar-refractivity contribution in [2.75, 3.05) is 4.90 Å². The molecule has 2 atom stereocenters. The maximum Gasteiger partial charge on any atom is 0.338 e. The molecule has 39 heavy (non-hydrogen) atoms. The maximum absolute atomic E-state index is 14.1. The minimum atomic E-state index is -1.24. The lowest BCUT2D eigenvalue weighted by Gasteiger charge is -2.54. The summed E-state index contributed by atoms with van der Waals surface area (Å²) in [6.07, 6.45) is 0. The van der Waals surface area contributed by atoms with E-state index in [2.05, 4.69) is 0 Å². The predicted octanol–water partition coefficient (Wildman–Crippen LogP) is 6.14. The highest BCUT2D eigenvalue weighted by molar-refractivity contribution is 6.38. The van der Waals surface area contributed by atoms with Crippen LogP contribution in [0.5, 0.6) is 0 Å². The molecule has 7 heteroatoms. The van der Waals surface area contributed by atoms with Gasteiger partial charge in [0.1, 0.15) is 16.4 Å². The zero-order chi connectivity index (χ0) is 26.9. The van der Waals surface area contributed by atoms with Gasteiger partial charge in [-0.3, -0.25) is 9.59 Å². The third kappa shape index (κ3) is 3.17. The van der Waals surface area contributed by atoms with Crippen LogP contribution in [-0.2, 0) is 30.7 Å². The normalized spacial score (nSPS) is 26.2. The van der Waals surface area contributed by atoms with Crippen molar-refractivity contribution < 1.29 is 19.1 Å². The van der Waals surface area contributed by atoms with E-state index in [-0.39, 0.29) is 6.61 Å². The average molecular weight is 554 g/mol. The number of hydrogen-bond donors (Lipinski definition) is 0. The Morgan fingerprint density at radius 1 is 0.667 bits per heavy atom. The first-order valence-corrected chi connectivity index (χ1v) is 13.4. The topological polar surface area (TPSA) is 63.7 Å². The summed E-state index contributed by atoms with van der Waals surface area (Å²) in [6.45, 7) is 0.143. The van der Waals surface area contributed by atoms with Gasteiger partial charge in [0, 0.05) is 0 Å². The Bertz CT molecular complexity index is 1550. The number of rotatable bonds is 4. The fourth-order valence-electron chi connectivity index (χ4n) is 6.47. The quantitative estimate of drug-likeness (QED) is 0.173. The van der Waals surface area contributed by atoms with Crippen molar-refractivity contribution in [1.29, 1.82) is 0 Å². The van der Waals surface area contributed by atoms with E-state index in [1.165, 1.54) is 4.90 Å². The zero-order valence-corrected chi connectivity index (χ0v) is 22.0. The highest BCUT2D eigenvalue weighted by atomic mass is 35.5. The molecule has 1 fully saturated rings. The molecular weight excluding hydrogens is 533 g/mol. The number of alkyl halides is 2. The molecule has 1 saturated heterocycles. The average Bonchev–Trinajstić information content (AvgIpc) is 3.26. The first-order valence-electron chi connectivity index (χ1n) is 12.6. The molecule has 2 amide bonds. The number of carbonyl (C=O) groups excluding carboxylic acids is 3. The fourth-order valence-corrected chi connectivity index (χ4v) is 7.57. The van der Waals surface area contributed by atoms with Gasteiger partial charge in [0.2, 0.25) is 11.8 Å². The van der Waals surface area contributed by atoms with Crippen molar-refractivity contribution in [2.45, 2.75) is 16.4 Å². The van der Waals surface area contributed by atoms with Crippen LogP contribution >= 0.6 is 23.2 Å². The number of benzene rings is 4. The molecule has 2 bridgehead atoms. The Kier molecular flexibility index (Phi) is 5.28. The summed E-state index contributed by atoms with van der Waals surface area (Å²) in [4.78, 5) is 39.4. The standard InChI is InChI=1S/C32H21Cl2NO4/c33-31-22-10-4-5-11-23(22)32(34,25-13-7-6-12-24(25)31)27-26(31)28(36)35(29(27)37)21-16-14-20(15-17-21)30(38)39-18-19-8-2-1-3-9-19/h1-17,26-27H,18H2/t26-,27-,31?,32?/m0/s1. The summed E-state index contributed by atoms with van der Waals surface area (Å²) in [5.74, 6) is -3.09. The highest BCUT2D eigenvalue weighted by Gasteiger charge is 2.73. The number of halogens is 2. The molecular formula is C32H21Cl2NO4. The molecule has 4 aromatic rings. The second-order valence-corrected chi connectivity index (χ2v) is 11.3. The molecule has 1 aliphatic heterocycles. The Hall–Kier alpha value is -3.93.